The number of ether oxygens (including phenoxy) is 1. The van der Waals surface area contributed by atoms with Gasteiger partial charge in [0.15, 0.2) is 0 Å². The van der Waals surface area contributed by atoms with Crippen LogP contribution in [-0.2, 0) is 6.42 Å². The van der Waals surface area contributed by atoms with Crippen LogP contribution < -0.4 is 10.1 Å². The first kappa shape index (κ1) is 14.4. The summed E-state index contributed by atoms with van der Waals surface area (Å²) in [5.74, 6) is 0.940. The van der Waals surface area contributed by atoms with Gasteiger partial charge in [0, 0.05) is 12.0 Å². The largest absolute Gasteiger partial charge is 0.490 e. The van der Waals surface area contributed by atoms with Gasteiger partial charge in [0.1, 0.15) is 11.9 Å². The third-order valence-corrected chi connectivity index (χ3v) is 4.16. The molecule has 1 fully saturated rings. The highest BCUT2D eigenvalue weighted by molar-refractivity contribution is 5.27. The van der Waals surface area contributed by atoms with Gasteiger partial charge in [-0.3, -0.25) is 0 Å². The highest BCUT2D eigenvalue weighted by atomic mass is 16.5. The van der Waals surface area contributed by atoms with Crippen LogP contribution in [0.4, 0.5) is 0 Å². The first-order valence-electron chi connectivity index (χ1n) is 7.27. The van der Waals surface area contributed by atoms with E-state index >= 15 is 0 Å². The van der Waals surface area contributed by atoms with Crippen LogP contribution in [0.25, 0.3) is 0 Å². The Hall–Kier alpha value is -1.06. The first-order chi connectivity index (χ1) is 9.21. The topological polar surface area (TPSA) is 41.5 Å². The molecule has 19 heavy (non-hydrogen) atoms. The van der Waals surface area contributed by atoms with Crippen molar-refractivity contribution >= 4 is 0 Å². The Morgan fingerprint density at radius 2 is 2.11 bits per heavy atom. The summed E-state index contributed by atoms with van der Waals surface area (Å²) in [5.41, 5.74) is 1.22. The third-order valence-electron chi connectivity index (χ3n) is 4.16. The Morgan fingerprint density at radius 3 is 2.63 bits per heavy atom. The molecule has 3 nitrogen and oxygen atoms in total. The summed E-state index contributed by atoms with van der Waals surface area (Å²) in [5, 5.41) is 12.7. The summed E-state index contributed by atoms with van der Waals surface area (Å²) in [4.78, 5) is 0. The van der Waals surface area contributed by atoms with Gasteiger partial charge < -0.3 is 15.2 Å². The minimum absolute atomic E-state index is 0.146. The number of hydrogen-bond acceptors (Lipinski definition) is 3. The molecule has 1 saturated carbocycles. The highest BCUT2D eigenvalue weighted by Crippen LogP contribution is 2.32. The molecule has 1 aliphatic rings. The zero-order valence-electron chi connectivity index (χ0n) is 12.0. The van der Waals surface area contributed by atoms with Crippen molar-refractivity contribution in [3.63, 3.8) is 0 Å². The van der Waals surface area contributed by atoms with Crippen molar-refractivity contribution in [3.8, 4) is 5.75 Å². The Morgan fingerprint density at radius 1 is 1.37 bits per heavy atom. The van der Waals surface area contributed by atoms with E-state index < -0.39 is 0 Å². The van der Waals surface area contributed by atoms with E-state index in [1.54, 1.807) is 0 Å². The van der Waals surface area contributed by atoms with Gasteiger partial charge in [0.25, 0.3) is 0 Å². The molecule has 1 aromatic rings. The van der Waals surface area contributed by atoms with E-state index in [2.05, 4.69) is 36.5 Å². The van der Waals surface area contributed by atoms with Gasteiger partial charge in [-0.1, -0.05) is 25.5 Å². The van der Waals surface area contributed by atoms with Crippen molar-refractivity contribution < 1.29 is 9.84 Å². The molecule has 0 bridgehead atoms. The van der Waals surface area contributed by atoms with Crippen LogP contribution in [0.3, 0.4) is 0 Å². The fourth-order valence-corrected chi connectivity index (χ4v) is 2.84. The molecule has 1 aliphatic carbocycles. The van der Waals surface area contributed by atoms with Crippen LogP contribution in [-0.4, -0.2) is 30.4 Å². The molecule has 106 valence electrons. The molecule has 0 amide bonds. The van der Waals surface area contributed by atoms with Crippen molar-refractivity contribution in [2.24, 2.45) is 0 Å². The van der Waals surface area contributed by atoms with Gasteiger partial charge in [-0.25, -0.2) is 0 Å². The van der Waals surface area contributed by atoms with Crippen LogP contribution in [0.1, 0.15) is 38.2 Å². The number of aliphatic hydroxyl groups excluding tert-OH is 1. The van der Waals surface area contributed by atoms with Gasteiger partial charge in [0.2, 0.25) is 0 Å². The fourth-order valence-electron chi connectivity index (χ4n) is 2.84. The fraction of sp³-hybridized carbons (Fsp3) is 0.625. The van der Waals surface area contributed by atoms with E-state index in [-0.39, 0.29) is 18.2 Å². The summed E-state index contributed by atoms with van der Waals surface area (Å²) < 4.78 is 6.02. The molecule has 0 saturated heterocycles. The van der Waals surface area contributed by atoms with Crippen LogP contribution in [0.5, 0.6) is 5.75 Å². The lowest BCUT2D eigenvalue weighted by Crippen LogP contribution is -2.44. The molecule has 0 aliphatic heterocycles. The monoisotopic (exact) mass is 263 g/mol. The van der Waals surface area contributed by atoms with E-state index in [1.165, 1.54) is 12.0 Å². The summed E-state index contributed by atoms with van der Waals surface area (Å²) in [6.45, 7) is 2.37. The van der Waals surface area contributed by atoms with E-state index in [1.807, 2.05) is 7.05 Å². The smallest absolute Gasteiger partial charge is 0.119 e. The first-order valence-corrected chi connectivity index (χ1v) is 7.27. The Bertz CT molecular complexity index is 384. The number of hydrogen-bond donors (Lipinski definition) is 2. The molecule has 0 aromatic heterocycles. The normalized spacial score (nSPS) is 26.6. The SMILES string of the molecule is CCCc1ccc(OC2CCC(CO)(NC)C2)cc1. The number of nitrogens with one attached hydrogen (secondary N) is 1. The van der Waals surface area contributed by atoms with E-state index in [4.69, 9.17) is 4.74 Å². The minimum Gasteiger partial charge on any atom is -0.490 e. The third kappa shape index (κ3) is 3.48. The molecule has 2 atom stereocenters. The second-order valence-corrected chi connectivity index (χ2v) is 5.57. The highest BCUT2D eigenvalue weighted by Gasteiger charge is 2.38. The summed E-state index contributed by atoms with van der Waals surface area (Å²) in [6.07, 6.45) is 5.34. The number of benzene rings is 1. The second kappa shape index (κ2) is 6.40. The van der Waals surface area contributed by atoms with E-state index in [0.717, 1.165) is 31.4 Å². The summed E-state index contributed by atoms with van der Waals surface area (Å²) in [6, 6.07) is 8.41. The van der Waals surface area contributed by atoms with Crippen molar-refractivity contribution in [3.05, 3.63) is 29.8 Å². The molecule has 2 rings (SSSR count). The van der Waals surface area contributed by atoms with Gasteiger partial charge in [-0.05, 0) is 44.0 Å². The van der Waals surface area contributed by atoms with Crippen LogP contribution in [0, 0.1) is 0 Å². The summed E-state index contributed by atoms with van der Waals surface area (Å²) in [7, 11) is 1.91. The van der Waals surface area contributed by atoms with Crippen molar-refractivity contribution in [2.45, 2.75) is 50.7 Å². The number of aliphatic hydroxyl groups is 1. The molecule has 0 heterocycles. The van der Waals surface area contributed by atoms with Gasteiger partial charge in [-0.2, -0.15) is 0 Å². The lowest BCUT2D eigenvalue weighted by Gasteiger charge is -2.26. The number of aryl methyl sites for hydroxylation is 1. The zero-order chi connectivity index (χ0) is 13.7. The maximum Gasteiger partial charge on any atom is 0.119 e. The van der Waals surface area contributed by atoms with Crippen molar-refractivity contribution in [2.75, 3.05) is 13.7 Å². The molecule has 2 unspecified atom stereocenters. The van der Waals surface area contributed by atoms with Gasteiger partial charge in [-0.15, -0.1) is 0 Å². The van der Waals surface area contributed by atoms with Crippen LogP contribution in [0.15, 0.2) is 24.3 Å². The lowest BCUT2D eigenvalue weighted by molar-refractivity contribution is 0.146. The number of rotatable bonds is 6. The molecule has 2 N–H and O–H groups in total. The summed E-state index contributed by atoms with van der Waals surface area (Å²) >= 11 is 0. The predicted molar refractivity (Wildman–Crippen MR) is 77.6 cm³/mol. The molecule has 3 heteroatoms. The average Bonchev–Trinajstić information content (AvgIpc) is 2.85. The Labute approximate surface area is 116 Å². The van der Waals surface area contributed by atoms with Crippen molar-refractivity contribution in [1.82, 2.24) is 5.32 Å². The average molecular weight is 263 g/mol. The van der Waals surface area contributed by atoms with Gasteiger partial charge in [0.05, 0.1) is 6.61 Å². The molecular weight excluding hydrogens is 238 g/mol. The Balaban J connectivity index is 1.91. The van der Waals surface area contributed by atoms with Crippen molar-refractivity contribution in [1.29, 1.82) is 0 Å². The molecular formula is C16H25NO2. The maximum atomic E-state index is 9.48. The van der Waals surface area contributed by atoms with Crippen LogP contribution in [0.2, 0.25) is 0 Å². The standard InChI is InChI=1S/C16H25NO2/c1-3-4-13-5-7-14(8-6-13)19-15-9-10-16(11-15,12-18)17-2/h5-8,15,17-18H,3-4,9-12H2,1-2H3. The second-order valence-electron chi connectivity index (χ2n) is 5.57. The minimum atomic E-state index is -0.146. The quantitative estimate of drug-likeness (QED) is 0.828. The predicted octanol–water partition coefficient (Wildman–Crippen LogP) is 2.52. The lowest BCUT2D eigenvalue weighted by atomic mass is 9.99. The zero-order valence-corrected chi connectivity index (χ0v) is 12.0. The van der Waals surface area contributed by atoms with E-state index in [9.17, 15) is 5.11 Å². The van der Waals surface area contributed by atoms with E-state index in [0.29, 0.717) is 0 Å². The molecule has 0 spiro atoms. The molecule has 0 radical (unpaired) electrons. The Kier molecular flexibility index (Phi) is 4.83. The van der Waals surface area contributed by atoms with Gasteiger partial charge >= 0.3 is 0 Å². The van der Waals surface area contributed by atoms with Crippen LogP contribution >= 0.6 is 0 Å². The maximum absolute atomic E-state index is 9.48. The number of likely N-dealkylation sites (N-methyl/N-ethyl adjacent to an activating group) is 1. The molecule has 1 aromatic carbocycles.